The van der Waals surface area contributed by atoms with Crippen LogP contribution in [0.5, 0.6) is 0 Å². The number of benzene rings is 3. The summed E-state index contributed by atoms with van der Waals surface area (Å²) >= 11 is 0. The van der Waals surface area contributed by atoms with E-state index in [0.717, 1.165) is 16.5 Å². The van der Waals surface area contributed by atoms with Crippen molar-refractivity contribution in [3.8, 4) is 22.4 Å². The van der Waals surface area contributed by atoms with Gasteiger partial charge >= 0.3 is 0 Å². The van der Waals surface area contributed by atoms with Gasteiger partial charge in [-0.05, 0) is 5.56 Å². The van der Waals surface area contributed by atoms with E-state index in [-0.39, 0.29) is 30.0 Å². The number of hydrogen-bond acceptors (Lipinski definition) is 2. The number of carbonyl (C=O) groups excluding carboxylic acids is 1. The largest absolute Gasteiger partial charge is 0.289 e. The van der Waals surface area contributed by atoms with E-state index >= 15 is 0 Å². The van der Waals surface area contributed by atoms with Crippen LogP contribution < -0.4 is 0 Å². The Balaban J connectivity index is 1.90. The van der Waals surface area contributed by atoms with Crippen LogP contribution in [0.3, 0.4) is 0 Å². The summed E-state index contributed by atoms with van der Waals surface area (Å²) < 4.78 is 31.9. The van der Waals surface area contributed by atoms with Gasteiger partial charge in [-0.15, -0.1) is 0 Å². The highest BCUT2D eigenvalue weighted by Gasteiger charge is 2.26. The molecule has 0 saturated carbocycles. The lowest BCUT2D eigenvalue weighted by Gasteiger charge is -2.20. The van der Waals surface area contributed by atoms with Gasteiger partial charge in [0.15, 0.2) is 5.78 Å². The second kappa shape index (κ2) is 4.87. The normalized spacial score (nSPS) is 14.6. The molecular weight excluding hydrogens is 294 g/mol. The minimum absolute atomic E-state index is 0.0548. The first-order chi connectivity index (χ1) is 13.5. The maximum absolute atomic E-state index is 13.0. The number of pyridine rings is 1. The van der Waals surface area contributed by atoms with E-state index in [9.17, 15) is 4.79 Å². The van der Waals surface area contributed by atoms with Crippen LogP contribution in [0.15, 0.2) is 78.9 Å². The minimum Gasteiger partial charge on any atom is -0.289 e. The monoisotopic (exact) mass is 311 g/mol. The molecule has 0 saturated heterocycles. The third-order valence-corrected chi connectivity index (χ3v) is 4.42. The Kier molecular flexibility index (Phi) is 1.98. The summed E-state index contributed by atoms with van der Waals surface area (Å²) in [5.74, 6) is -0.0548. The Bertz CT molecular complexity index is 1330. The van der Waals surface area contributed by atoms with Crippen molar-refractivity contribution in [2.75, 3.05) is 0 Å². The minimum atomic E-state index is -0.300. The molecule has 0 bridgehead atoms. The van der Waals surface area contributed by atoms with Crippen LogP contribution >= 0.6 is 0 Å². The van der Waals surface area contributed by atoms with Gasteiger partial charge in [-0.1, -0.05) is 72.7 Å². The lowest BCUT2D eigenvalue weighted by molar-refractivity contribution is 0.104. The molecule has 1 aliphatic carbocycles. The van der Waals surface area contributed by atoms with E-state index in [4.69, 9.17) is 5.48 Å². The van der Waals surface area contributed by atoms with Gasteiger partial charge in [0.05, 0.1) is 11.2 Å². The highest BCUT2D eigenvalue weighted by atomic mass is 16.1. The highest BCUT2D eigenvalue weighted by molar-refractivity contribution is 6.26. The predicted octanol–water partition coefficient (Wildman–Crippen LogP) is 5.11. The van der Waals surface area contributed by atoms with E-state index in [0.29, 0.717) is 27.8 Å². The summed E-state index contributed by atoms with van der Waals surface area (Å²) in [5, 5.41) is 1.46. The fraction of sp³-hybridized carbons (Fsp3) is 0. The molecule has 1 aromatic heterocycles. The first-order valence-corrected chi connectivity index (χ1v) is 7.62. The van der Waals surface area contributed by atoms with Gasteiger partial charge in [0, 0.05) is 39.2 Å². The molecule has 0 spiro atoms. The van der Waals surface area contributed by atoms with Gasteiger partial charge in [-0.25, -0.2) is 0 Å². The van der Waals surface area contributed by atoms with Crippen molar-refractivity contribution >= 4 is 16.6 Å². The topological polar surface area (TPSA) is 30.0 Å². The maximum atomic E-state index is 13.0. The van der Waals surface area contributed by atoms with E-state index in [1.807, 2.05) is 24.3 Å². The van der Waals surface area contributed by atoms with Crippen molar-refractivity contribution in [1.82, 2.24) is 4.98 Å². The first kappa shape index (κ1) is 9.78. The van der Waals surface area contributed by atoms with Crippen molar-refractivity contribution in [2.24, 2.45) is 0 Å². The zero-order valence-electron chi connectivity index (χ0n) is 16.6. The summed E-state index contributed by atoms with van der Waals surface area (Å²) in [4.78, 5) is 17.6. The lowest BCUT2D eigenvalue weighted by atomic mass is 9.83. The molecule has 3 aromatic carbocycles. The van der Waals surface area contributed by atoms with E-state index in [1.165, 1.54) is 6.07 Å². The number of nitrogens with zero attached hydrogens (tertiary/aromatic N) is 1. The van der Waals surface area contributed by atoms with Gasteiger partial charge < -0.3 is 0 Å². The summed E-state index contributed by atoms with van der Waals surface area (Å²) in [7, 11) is 0. The molecule has 5 rings (SSSR count). The van der Waals surface area contributed by atoms with Crippen molar-refractivity contribution in [2.45, 2.75) is 0 Å². The van der Waals surface area contributed by atoms with Crippen LogP contribution in [0.1, 0.15) is 21.4 Å². The SMILES string of the molecule is [2H]c1cc(-c2ncc3c4c(cccc24)C(=O)c2ccccc2-3)c([2H])c([2H])c1[2H]. The highest BCUT2D eigenvalue weighted by Crippen LogP contribution is 2.41. The van der Waals surface area contributed by atoms with E-state index < -0.39 is 0 Å². The van der Waals surface area contributed by atoms with Crippen molar-refractivity contribution in [3.05, 3.63) is 90.0 Å². The third-order valence-electron chi connectivity index (χ3n) is 4.42. The molecular formula is C22H13NO. The van der Waals surface area contributed by atoms with Gasteiger partial charge in [0.1, 0.15) is 0 Å². The first-order valence-electron chi connectivity index (χ1n) is 9.62. The zero-order valence-corrected chi connectivity index (χ0v) is 12.6. The lowest BCUT2D eigenvalue weighted by Crippen LogP contribution is -2.10. The number of hydrogen-bond donors (Lipinski definition) is 0. The Labute approximate surface area is 145 Å². The molecule has 0 fully saturated rings. The molecule has 24 heavy (non-hydrogen) atoms. The number of aromatic nitrogens is 1. The zero-order chi connectivity index (χ0) is 19.6. The Hall–Kier alpha value is -3.26. The van der Waals surface area contributed by atoms with Crippen LogP contribution in [-0.2, 0) is 0 Å². The Morgan fingerprint density at radius 2 is 1.62 bits per heavy atom. The summed E-state index contributed by atoms with van der Waals surface area (Å²) in [6.07, 6.45) is 1.69. The molecule has 0 radical (unpaired) electrons. The second-order valence-corrected chi connectivity index (χ2v) is 5.70. The van der Waals surface area contributed by atoms with Gasteiger partial charge in [-0.3, -0.25) is 9.78 Å². The number of rotatable bonds is 1. The van der Waals surface area contributed by atoms with Crippen LogP contribution in [0.25, 0.3) is 33.2 Å². The van der Waals surface area contributed by atoms with E-state index in [1.54, 1.807) is 24.4 Å². The average molecular weight is 311 g/mol. The molecule has 2 nitrogen and oxygen atoms in total. The molecule has 112 valence electrons. The van der Waals surface area contributed by atoms with Crippen LogP contribution in [0.2, 0.25) is 0 Å². The fourth-order valence-corrected chi connectivity index (χ4v) is 3.38. The van der Waals surface area contributed by atoms with Crippen molar-refractivity contribution < 1.29 is 10.3 Å². The molecule has 0 N–H and O–H groups in total. The second-order valence-electron chi connectivity index (χ2n) is 5.70. The van der Waals surface area contributed by atoms with Gasteiger partial charge in [-0.2, -0.15) is 0 Å². The van der Waals surface area contributed by atoms with Crippen LogP contribution in [0, 0.1) is 0 Å². The predicted molar refractivity (Wildman–Crippen MR) is 96.0 cm³/mol. The Morgan fingerprint density at radius 1 is 0.792 bits per heavy atom. The van der Waals surface area contributed by atoms with Crippen molar-refractivity contribution in [3.63, 3.8) is 0 Å². The number of carbonyl (C=O) groups is 1. The molecule has 0 unspecified atom stereocenters. The average Bonchev–Trinajstić information content (AvgIpc) is 2.73. The number of ketones is 1. The van der Waals surface area contributed by atoms with Crippen molar-refractivity contribution in [1.29, 1.82) is 0 Å². The smallest absolute Gasteiger partial charge is 0.194 e. The summed E-state index contributed by atoms with van der Waals surface area (Å²) in [6.45, 7) is 0. The molecule has 0 amide bonds. The summed E-state index contributed by atoms with van der Waals surface area (Å²) in [5.41, 5.74) is 3.66. The molecule has 0 aliphatic heterocycles. The van der Waals surface area contributed by atoms with Gasteiger partial charge in [0.2, 0.25) is 0 Å². The molecule has 4 aromatic rings. The molecule has 1 heterocycles. The van der Waals surface area contributed by atoms with E-state index in [2.05, 4.69) is 4.98 Å². The standard InChI is InChI=1S/C22H13NO/c24-22-16-10-5-4-9-15(16)19-13-23-21(14-7-2-1-3-8-14)17-11-6-12-18(22)20(17)19/h1-13H/i1D,2D,3D,7D. The maximum Gasteiger partial charge on any atom is 0.194 e. The summed E-state index contributed by atoms with van der Waals surface area (Å²) in [6, 6.07) is 13.4. The Morgan fingerprint density at radius 3 is 2.54 bits per heavy atom. The quantitative estimate of drug-likeness (QED) is 0.430. The van der Waals surface area contributed by atoms with Crippen LogP contribution in [0.4, 0.5) is 0 Å². The fourth-order valence-electron chi connectivity index (χ4n) is 3.38. The number of fused-ring (bicyclic) bond motifs is 2. The molecule has 0 atom stereocenters. The third kappa shape index (κ3) is 1.71. The molecule has 1 aliphatic rings. The van der Waals surface area contributed by atoms with Gasteiger partial charge in [0.25, 0.3) is 0 Å². The molecule has 2 heteroatoms. The van der Waals surface area contributed by atoms with Crippen LogP contribution in [-0.4, -0.2) is 10.8 Å².